The molecular formula is C18H18O5. The van der Waals surface area contributed by atoms with Crippen molar-refractivity contribution < 1.29 is 23.8 Å². The third-order valence-corrected chi connectivity index (χ3v) is 3.60. The van der Waals surface area contributed by atoms with E-state index in [2.05, 4.69) is 4.74 Å². The number of rotatable bonds is 6. The Labute approximate surface area is 134 Å². The van der Waals surface area contributed by atoms with Gasteiger partial charge < -0.3 is 14.2 Å². The Morgan fingerprint density at radius 3 is 1.83 bits per heavy atom. The number of carbonyl (C=O) groups is 2. The maximum Gasteiger partial charge on any atom is 0.337 e. The fourth-order valence-electron chi connectivity index (χ4n) is 2.36. The van der Waals surface area contributed by atoms with E-state index in [1.54, 1.807) is 48.5 Å². The van der Waals surface area contributed by atoms with Crippen LogP contribution in [0, 0.1) is 0 Å². The largest absolute Gasteiger partial charge is 0.465 e. The van der Waals surface area contributed by atoms with Gasteiger partial charge in [-0.25, -0.2) is 4.79 Å². The highest BCUT2D eigenvalue weighted by molar-refractivity contribution is 6.02. The summed E-state index contributed by atoms with van der Waals surface area (Å²) in [5.41, 5.74) is 1.33. The van der Waals surface area contributed by atoms with Crippen LogP contribution in [0.2, 0.25) is 0 Å². The number of hydrogen-bond acceptors (Lipinski definition) is 5. The van der Waals surface area contributed by atoms with Gasteiger partial charge in [-0.15, -0.1) is 0 Å². The average Bonchev–Trinajstić information content (AvgIpc) is 2.63. The van der Waals surface area contributed by atoms with Gasteiger partial charge in [0.2, 0.25) is 5.78 Å². The molecule has 0 radical (unpaired) electrons. The molecule has 0 amide bonds. The smallest absolute Gasteiger partial charge is 0.337 e. The Balaban J connectivity index is 2.44. The summed E-state index contributed by atoms with van der Waals surface area (Å²) in [4.78, 5) is 24.4. The first-order valence-electron chi connectivity index (χ1n) is 6.98. The van der Waals surface area contributed by atoms with Gasteiger partial charge in [0.1, 0.15) is 0 Å². The van der Waals surface area contributed by atoms with Crippen molar-refractivity contribution in [1.29, 1.82) is 0 Å². The van der Waals surface area contributed by atoms with Crippen molar-refractivity contribution >= 4 is 11.8 Å². The normalized spacial score (nSPS) is 11.1. The quantitative estimate of drug-likeness (QED) is 0.466. The van der Waals surface area contributed by atoms with E-state index < -0.39 is 11.8 Å². The van der Waals surface area contributed by atoms with Gasteiger partial charge in [0.15, 0.2) is 0 Å². The van der Waals surface area contributed by atoms with E-state index in [-0.39, 0.29) is 5.78 Å². The van der Waals surface area contributed by atoms with Crippen molar-refractivity contribution in [2.75, 3.05) is 21.3 Å². The van der Waals surface area contributed by atoms with Crippen LogP contribution in [0.4, 0.5) is 0 Å². The lowest BCUT2D eigenvalue weighted by Crippen LogP contribution is -2.40. The lowest BCUT2D eigenvalue weighted by molar-refractivity contribution is -0.176. The second-order valence-electron chi connectivity index (χ2n) is 4.79. The molecule has 2 aromatic rings. The minimum Gasteiger partial charge on any atom is -0.465 e. The van der Waals surface area contributed by atoms with Crippen LogP contribution in [0.15, 0.2) is 54.6 Å². The predicted octanol–water partition coefficient (Wildman–Crippen LogP) is 2.80. The topological polar surface area (TPSA) is 61.8 Å². The van der Waals surface area contributed by atoms with E-state index in [4.69, 9.17) is 9.47 Å². The predicted molar refractivity (Wildman–Crippen MR) is 84.3 cm³/mol. The molecule has 23 heavy (non-hydrogen) atoms. The summed E-state index contributed by atoms with van der Waals surface area (Å²) < 4.78 is 15.5. The first kappa shape index (κ1) is 16.9. The molecule has 0 fully saturated rings. The number of benzene rings is 2. The summed E-state index contributed by atoms with van der Waals surface area (Å²) in [7, 11) is 4.11. The van der Waals surface area contributed by atoms with Crippen LogP contribution < -0.4 is 0 Å². The lowest BCUT2D eigenvalue weighted by atomic mass is 9.95. The van der Waals surface area contributed by atoms with Crippen molar-refractivity contribution in [3.63, 3.8) is 0 Å². The second-order valence-corrected chi connectivity index (χ2v) is 4.79. The van der Waals surface area contributed by atoms with Crippen LogP contribution in [-0.2, 0) is 20.0 Å². The molecule has 2 aromatic carbocycles. The van der Waals surface area contributed by atoms with Gasteiger partial charge in [-0.2, -0.15) is 0 Å². The molecule has 0 bridgehead atoms. The van der Waals surface area contributed by atoms with Gasteiger partial charge in [-0.05, 0) is 12.1 Å². The summed E-state index contributed by atoms with van der Waals surface area (Å²) in [6.07, 6.45) is 0. The SMILES string of the molecule is COC(=O)c1ccc(C(OC)(OC)C(=O)c2ccccc2)cc1. The van der Waals surface area contributed by atoms with E-state index in [0.29, 0.717) is 16.7 Å². The minimum atomic E-state index is -1.57. The molecule has 0 N–H and O–H groups in total. The van der Waals surface area contributed by atoms with Crippen LogP contribution in [0.25, 0.3) is 0 Å². The molecule has 0 heterocycles. The van der Waals surface area contributed by atoms with Gasteiger partial charge in [0, 0.05) is 25.3 Å². The van der Waals surface area contributed by atoms with Crippen LogP contribution >= 0.6 is 0 Å². The Morgan fingerprint density at radius 1 is 0.783 bits per heavy atom. The van der Waals surface area contributed by atoms with Gasteiger partial charge in [0.05, 0.1) is 12.7 Å². The highest BCUT2D eigenvalue weighted by atomic mass is 16.7. The second kappa shape index (κ2) is 7.17. The molecule has 0 saturated heterocycles. The van der Waals surface area contributed by atoms with Crippen molar-refractivity contribution in [3.05, 3.63) is 71.3 Å². The van der Waals surface area contributed by atoms with Gasteiger partial charge in [0.25, 0.3) is 5.79 Å². The molecule has 0 unspecified atom stereocenters. The molecule has 0 aliphatic rings. The molecular weight excluding hydrogens is 296 g/mol. The molecule has 2 rings (SSSR count). The number of carbonyl (C=O) groups excluding carboxylic acids is 2. The number of methoxy groups -OCH3 is 3. The first-order chi connectivity index (χ1) is 11.1. The summed E-state index contributed by atoms with van der Waals surface area (Å²) in [6.45, 7) is 0. The molecule has 0 atom stereocenters. The van der Waals surface area contributed by atoms with Gasteiger partial charge >= 0.3 is 5.97 Å². The number of hydrogen-bond donors (Lipinski definition) is 0. The van der Waals surface area contributed by atoms with Crippen LogP contribution in [0.5, 0.6) is 0 Å². The van der Waals surface area contributed by atoms with Gasteiger partial charge in [-0.1, -0.05) is 42.5 Å². The summed E-state index contributed by atoms with van der Waals surface area (Å²) in [6, 6.07) is 15.1. The van der Waals surface area contributed by atoms with Crippen LogP contribution in [0.1, 0.15) is 26.3 Å². The Kier molecular flexibility index (Phi) is 5.26. The zero-order valence-electron chi connectivity index (χ0n) is 13.2. The van der Waals surface area contributed by atoms with E-state index in [1.165, 1.54) is 21.3 Å². The highest BCUT2D eigenvalue weighted by Crippen LogP contribution is 2.30. The molecule has 5 heteroatoms. The average molecular weight is 314 g/mol. The standard InChI is InChI=1S/C18H18O5/c1-21-17(20)14-9-11-15(12-10-14)18(22-2,23-3)16(19)13-7-5-4-6-8-13/h4-12H,1-3H3. The van der Waals surface area contributed by atoms with Crippen molar-refractivity contribution in [1.82, 2.24) is 0 Å². The summed E-state index contributed by atoms with van der Waals surface area (Å²) >= 11 is 0. The maximum atomic E-state index is 12.9. The number of esters is 1. The molecule has 5 nitrogen and oxygen atoms in total. The van der Waals surface area contributed by atoms with E-state index in [1.807, 2.05) is 6.07 Å². The van der Waals surface area contributed by atoms with Gasteiger partial charge in [-0.3, -0.25) is 4.79 Å². The number of ketones is 1. The number of Topliss-reactive ketones (excluding diaryl/α,β-unsaturated/α-hetero) is 1. The Hall–Kier alpha value is -2.50. The first-order valence-corrected chi connectivity index (χ1v) is 6.98. The monoisotopic (exact) mass is 314 g/mol. The third kappa shape index (κ3) is 3.16. The van der Waals surface area contributed by atoms with E-state index in [0.717, 1.165) is 0 Å². The zero-order chi connectivity index (χ0) is 16.9. The fourth-order valence-corrected chi connectivity index (χ4v) is 2.36. The van der Waals surface area contributed by atoms with Crippen molar-refractivity contribution in [2.24, 2.45) is 0 Å². The molecule has 120 valence electrons. The third-order valence-electron chi connectivity index (χ3n) is 3.60. The summed E-state index contributed by atoms with van der Waals surface area (Å²) in [5.74, 6) is -2.35. The van der Waals surface area contributed by atoms with Crippen molar-refractivity contribution in [3.8, 4) is 0 Å². The van der Waals surface area contributed by atoms with Crippen LogP contribution in [-0.4, -0.2) is 33.1 Å². The van der Waals surface area contributed by atoms with Crippen molar-refractivity contribution in [2.45, 2.75) is 5.79 Å². The molecule has 0 aliphatic heterocycles. The van der Waals surface area contributed by atoms with Crippen LogP contribution in [0.3, 0.4) is 0 Å². The molecule has 0 saturated carbocycles. The number of ether oxygens (including phenoxy) is 3. The Morgan fingerprint density at radius 2 is 1.35 bits per heavy atom. The molecule has 0 aliphatic carbocycles. The highest BCUT2D eigenvalue weighted by Gasteiger charge is 2.41. The molecule has 0 aromatic heterocycles. The van der Waals surface area contributed by atoms with E-state index >= 15 is 0 Å². The zero-order valence-corrected chi connectivity index (χ0v) is 13.2. The molecule has 0 spiro atoms. The Bertz CT molecular complexity index is 672. The lowest BCUT2D eigenvalue weighted by Gasteiger charge is -2.29. The van der Waals surface area contributed by atoms with E-state index in [9.17, 15) is 9.59 Å². The maximum absolute atomic E-state index is 12.9. The fraction of sp³-hybridized carbons (Fsp3) is 0.222. The minimum absolute atomic E-state index is 0.325. The summed E-state index contributed by atoms with van der Waals surface area (Å²) in [5, 5.41) is 0.